The van der Waals surface area contributed by atoms with E-state index in [-0.39, 0.29) is 24.8 Å². The second-order valence-electron chi connectivity index (χ2n) is 2.92. The van der Waals surface area contributed by atoms with E-state index in [9.17, 15) is 14.9 Å². The van der Waals surface area contributed by atoms with Crippen LogP contribution < -0.4 is 22.3 Å². The van der Waals surface area contributed by atoms with Crippen LogP contribution in [0.3, 0.4) is 0 Å². The van der Waals surface area contributed by atoms with Gasteiger partial charge in [0, 0.05) is 0 Å². The maximum absolute atomic E-state index is 10.8. The monoisotopic (exact) mass is 257 g/mol. The maximum atomic E-state index is 10.8. The van der Waals surface area contributed by atoms with Crippen molar-refractivity contribution in [2.45, 2.75) is 0 Å². The molecule has 0 saturated carbocycles. The van der Waals surface area contributed by atoms with Crippen molar-refractivity contribution >= 4 is 23.4 Å². The zero-order valence-electron chi connectivity index (χ0n) is 9.12. The topological polar surface area (TPSA) is 171 Å². The van der Waals surface area contributed by atoms with Crippen LogP contribution in [0.2, 0.25) is 0 Å². The van der Waals surface area contributed by atoms with Crippen molar-refractivity contribution in [1.82, 2.24) is 9.97 Å². The third-order valence-electron chi connectivity index (χ3n) is 1.78. The number of ether oxygens (including phenoxy) is 1. The number of nitrogen functional groups attached to an aromatic ring is 1. The number of nitrogens with zero attached hydrogens (tertiary/aromatic N) is 3. The molecule has 0 aliphatic heterocycles. The van der Waals surface area contributed by atoms with Gasteiger partial charge in [0.1, 0.15) is 12.9 Å². The minimum atomic E-state index is -0.932. The molecule has 0 atom stereocenters. The van der Waals surface area contributed by atoms with Crippen LogP contribution in [0.15, 0.2) is 6.33 Å². The molecule has 11 nitrogen and oxygen atoms in total. The average Bonchev–Trinajstić information content (AvgIpc) is 2.33. The number of nitrogens with two attached hydrogens (primary N) is 2. The third-order valence-corrected chi connectivity index (χ3v) is 1.78. The van der Waals surface area contributed by atoms with E-state index in [1.807, 2.05) is 0 Å². The number of nitrogens with one attached hydrogen (secondary N) is 2. The third kappa shape index (κ3) is 3.41. The summed E-state index contributed by atoms with van der Waals surface area (Å²) in [5.74, 6) is 4.92. The first-order chi connectivity index (χ1) is 8.56. The highest BCUT2D eigenvalue weighted by atomic mass is 16.6. The molecule has 0 aromatic carbocycles. The van der Waals surface area contributed by atoms with E-state index in [1.165, 1.54) is 0 Å². The van der Waals surface area contributed by atoms with Crippen molar-refractivity contribution in [3.63, 3.8) is 0 Å². The Balaban J connectivity index is 2.75. The molecular formula is C7H11N7O4. The van der Waals surface area contributed by atoms with Gasteiger partial charge < -0.3 is 21.2 Å². The first-order valence-corrected chi connectivity index (χ1v) is 4.68. The van der Waals surface area contributed by atoms with Crippen LogP contribution in [0.25, 0.3) is 0 Å². The molecule has 0 aliphatic rings. The highest BCUT2D eigenvalue weighted by Crippen LogP contribution is 2.27. The highest BCUT2D eigenvalue weighted by Gasteiger charge is 2.21. The Morgan fingerprint density at radius 2 is 2.17 bits per heavy atom. The molecule has 0 fully saturated rings. The van der Waals surface area contributed by atoms with E-state index < -0.39 is 16.7 Å². The van der Waals surface area contributed by atoms with Crippen LogP contribution >= 0.6 is 0 Å². The Labute approximate surface area is 101 Å². The summed E-state index contributed by atoms with van der Waals surface area (Å²) in [5.41, 5.74) is 6.43. The van der Waals surface area contributed by atoms with Crippen molar-refractivity contribution in [2.75, 3.05) is 23.9 Å². The van der Waals surface area contributed by atoms with E-state index in [4.69, 9.17) is 11.6 Å². The lowest BCUT2D eigenvalue weighted by atomic mass is 10.4. The Morgan fingerprint density at radius 1 is 1.50 bits per heavy atom. The molecule has 0 bridgehead atoms. The quantitative estimate of drug-likeness (QED) is 0.220. The van der Waals surface area contributed by atoms with Gasteiger partial charge in [-0.05, 0) is 0 Å². The van der Waals surface area contributed by atoms with Gasteiger partial charge in [-0.3, -0.25) is 10.1 Å². The molecule has 1 heterocycles. The smallest absolute Gasteiger partial charge is 0.404 e. The summed E-state index contributed by atoms with van der Waals surface area (Å²) in [5, 5.41) is 13.4. The molecule has 1 amide bonds. The van der Waals surface area contributed by atoms with Gasteiger partial charge in [0.15, 0.2) is 0 Å². The first-order valence-electron chi connectivity index (χ1n) is 4.68. The number of anilines is 2. The summed E-state index contributed by atoms with van der Waals surface area (Å²) < 4.78 is 4.44. The van der Waals surface area contributed by atoms with E-state index in [0.29, 0.717) is 0 Å². The fraction of sp³-hybridized carbons (Fsp3) is 0.286. The molecule has 1 aromatic rings. The minimum Gasteiger partial charge on any atom is -0.448 e. The van der Waals surface area contributed by atoms with Crippen molar-refractivity contribution in [3.05, 3.63) is 16.4 Å². The largest absolute Gasteiger partial charge is 0.448 e. The summed E-state index contributed by atoms with van der Waals surface area (Å²) in [4.78, 5) is 27.7. The molecule has 6 N–H and O–H groups in total. The molecule has 0 saturated heterocycles. The Hall–Kier alpha value is -2.69. The standard InChI is InChI=1S/C7H11N7O4/c8-7(15)18-2-1-10-5-4(14(16)17)6(13-9)12-3-11-5/h3H,1-2,9H2,(H2,8,15)(H2,10,11,12,13). The molecule has 0 radical (unpaired) electrons. The Morgan fingerprint density at radius 3 is 2.72 bits per heavy atom. The van der Waals surface area contributed by atoms with Crippen molar-refractivity contribution < 1.29 is 14.5 Å². The molecule has 0 spiro atoms. The van der Waals surface area contributed by atoms with Crippen molar-refractivity contribution in [1.29, 1.82) is 0 Å². The van der Waals surface area contributed by atoms with Crippen LogP contribution in [0, 0.1) is 10.1 Å². The molecule has 0 aliphatic carbocycles. The Kier molecular flexibility index (Phi) is 4.57. The molecule has 98 valence electrons. The van der Waals surface area contributed by atoms with Gasteiger partial charge in [-0.15, -0.1) is 0 Å². The lowest BCUT2D eigenvalue weighted by Crippen LogP contribution is -2.19. The van der Waals surface area contributed by atoms with Gasteiger partial charge in [-0.25, -0.2) is 20.6 Å². The number of aromatic nitrogens is 2. The average molecular weight is 257 g/mol. The highest BCUT2D eigenvalue weighted by molar-refractivity contribution is 5.68. The van der Waals surface area contributed by atoms with E-state index >= 15 is 0 Å². The van der Waals surface area contributed by atoms with Gasteiger partial charge >= 0.3 is 11.8 Å². The van der Waals surface area contributed by atoms with Crippen LogP contribution in [-0.2, 0) is 4.74 Å². The lowest BCUT2D eigenvalue weighted by molar-refractivity contribution is -0.383. The molecular weight excluding hydrogens is 246 g/mol. The van der Waals surface area contributed by atoms with Gasteiger partial charge in [0.05, 0.1) is 11.5 Å². The second-order valence-corrected chi connectivity index (χ2v) is 2.92. The fourth-order valence-corrected chi connectivity index (χ4v) is 1.11. The maximum Gasteiger partial charge on any atom is 0.404 e. The molecule has 1 rings (SSSR count). The fourth-order valence-electron chi connectivity index (χ4n) is 1.11. The normalized spacial score (nSPS) is 9.61. The summed E-state index contributed by atoms with van der Waals surface area (Å²) in [6, 6.07) is 0. The van der Waals surface area contributed by atoms with Gasteiger partial charge in [0.2, 0.25) is 11.6 Å². The summed E-state index contributed by atoms with van der Waals surface area (Å²) in [6.45, 7) is 0.0483. The molecule has 0 unspecified atom stereocenters. The molecule has 1 aromatic heterocycles. The van der Waals surface area contributed by atoms with E-state index in [0.717, 1.165) is 6.33 Å². The first kappa shape index (κ1) is 13.4. The van der Waals surface area contributed by atoms with Crippen LogP contribution in [0.5, 0.6) is 0 Å². The number of hydrogen-bond acceptors (Lipinski definition) is 9. The molecule has 18 heavy (non-hydrogen) atoms. The number of nitro groups is 1. The number of carbonyl (C=O) groups is 1. The zero-order valence-corrected chi connectivity index (χ0v) is 9.12. The van der Waals surface area contributed by atoms with E-state index in [2.05, 4.69) is 25.4 Å². The van der Waals surface area contributed by atoms with Crippen LogP contribution in [-0.4, -0.2) is 34.1 Å². The van der Waals surface area contributed by atoms with Crippen molar-refractivity contribution in [2.24, 2.45) is 11.6 Å². The van der Waals surface area contributed by atoms with E-state index in [1.54, 1.807) is 0 Å². The number of amides is 1. The predicted octanol–water partition coefficient (Wildman–Crippen LogP) is -0.822. The van der Waals surface area contributed by atoms with Crippen LogP contribution in [0.4, 0.5) is 22.1 Å². The molecule has 11 heteroatoms. The second kappa shape index (κ2) is 6.15. The summed E-state index contributed by atoms with van der Waals surface area (Å²) >= 11 is 0. The number of carbonyl (C=O) groups excluding carboxylic acids is 1. The number of hydrogen-bond donors (Lipinski definition) is 4. The van der Waals surface area contributed by atoms with Gasteiger partial charge in [-0.2, -0.15) is 0 Å². The van der Waals surface area contributed by atoms with Gasteiger partial charge in [0.25, 0.3) is 0 Å². The number of primary amides is 1. The SMILES string of the molecule is NNc1ncnc(NCCOC(N)=O)c1[N+](=O)[O-]. The number of rotatable bonds is 6. The lowest BCUT2D eigenvalue weighted by Gasteiger charge is -2.07. The van der Waals surface area contributed by atoms with Crippen LogP contribution in [0.1, 0.15) is 0 Å². The zero-order chi connectivity index (χ0) is 13.5. The minimum absolute atomic E-state index is 0.0454. The number of hydrazine groups is 1. The predicted molar refractivity (Wildman–Crippen MR) is 60.5 cm³/mol. The van der Waals surface area contributed by atoms with Gasteiger partial charge in [-0.1, -0.05) is 0 Å². The summed E-state index contributed by atoms with van der Waals surface area (Å²) in [7, 11) is 0. The Bertz CT molecular complexity index is 451. The summed E-state index contributed by atoms with van der Waals surface area (Å²) in [6.07, 6.45) is 0.165. The van der Waals surface area contributed by atoms with Crippen molar-refractivity contribution in [3.8, 4) is 0 Å².